The van der Waals surface area contributed by atoms with Crippen LogP contribution in [-0.4, -0.2) is 19.5 Å². The zero-order chi connectivity index (χ0) is 6.24. The molecule has 48 valence electrons. The third-order valence-electron chi connectivity index (χ3n) is 0.904. The summed E-state index contributed by atoms with van der Waals surface area (Å²) in [6, 6.07) is 0. The number of nitrogens with one attached hydrogen (secondary N) is 1. The second-order valence-electron chi connectivity index (χ2n) is 1.63. The van der Waals surface area contributed by atoms with Crippen molar-refractivity contribution in [3.8, 4) is 0 Å². The predicted molar refractivity (Wildman–Crippen MR) is 31.1 cm³/mol. The smallest absolute Gasteiger partial charge is 0.207 e. The van der Waals surface area contributed by atoms with E-state index in [1.165, 1.54) is 0 Å². The SMILES string of the molecule is [NH3+]CCCCNC=O. The molecule has 3 heteroatoms. The molecule has 0 aromatic rings. The maximum Gasteiger partial charge on any atom is 0.207 e. The fourth-order valence-electron chi connectivity index (χ4n) is 0.463. The first-order valence-corrected chi connectivity index (χ1v) is 2.88. The Morgan fingerprint density at radius 3 is 2.75 bits per heavy atom. The first-order chi connectivity index (χ1) is 3.91. The maximum atomic E-state index is 9.64. The maximum absolute atomic E-state index is 9.64. The molecule has 0 rings (SSSR count). The third-order valence-corrected chi connectivity index (χ3v) is 0.904. The van der Waals surface area contributed by atoms with Gasteiger partial charge in [-0.25, -0.2) is 0 Å². The molecule has 0 atom stereocenters. The molecule has 0 aliphatic heterocycles. The van der Waals surface area contributed by atoms with Crippen LogP contribution in [0.3, 0.4) is 0 Å². The molecule has 0 fully saturated rings. The van der Waals surface area contributed by atoms with Crippen LogP contribution in [0.4, 0.5) is 0 Å². The minimum absolute atomic E-state index is 0.725. The lowest BCUT2D eigenvalue weighted by Crippen LogP contribution is -2.50. The molecule has 0 saturated heterocycles. The topological polar surface area (TPSA) is 56.7 Å². The molecule has 0 aromatic heterocycles. The van der Waals surface area contributed by atoms with Crippen LogP contribution >= 0.6 is 0 Å². The Bertz CT molecular complexity index is 56.4. The third kappa shape index (κ3) is 5.43. The highest BCUT2D eigenvalue weighted by atomic mass is 16.1. The van der Waals surface area contributed by atoms with Crippen molar-refractivity contribution in [2.45, 2.75) is 12.8 Å². The molecule has 1 amide bonds. The molecule has 0 aliphatic rings. The Morgan fingerprint density at radius 2 is 2.25 bits per heavy atom. The van der Waals surface area contributed by atoms with E-state index in [2.05, 4.69) is 11.1 Å². The van der Waals surface area contributed by atoms with E-state index in [0.29, 0.717) is 0 Å². The molecule has 3 nitrogen and oxygen atoms in total. The monoisotopic (exact) mass is 117 g/mol. The lowest BCUT2D eigenvalue weighted by atomic mass is 10.3. The number of quaternary nitrogens is 1. The van der Waals surface area contributed by atoms with Crippen molar-refractivity contribution in [1.29, 1.82) is 0 Å². The Morgan fingerprint density at radius 1 is 1.50 bits per heavy atom. The first-order valence-electron chi connectivity index (χ1n) is 2.88. The van der Waals surface area contributed by atoms with Gasteiger partial charge in [0.1, 0.15) is 0 Å². The van der Waals surface area contributed by atoms with Crippen molar-refractivity contribution in [3.63, 3.8) is 0 Å². The lowest BCUT2D eigenvalue weighted by Gasteiger charge is -1.92. The highest BCUT2D eigenvalue weighted by Gasteiger charge is 1.82. The van der Waals surface area contributed by atoms with Crippen molar-refractivity contribution in [1.82, 2.24) is 5.32 Å². The molecule has 0 spiro atoms. The molecule has 0 unspecified atom stereocenters. The van der Waals surface area contributed by atoms with Gasteiger partial charge in [0.25, 0.3) is 0 Å². The van der Waals surface area contributed by atoms with Gasteiger partial charge >= 0.3 is 0 Å². The van der Waals surface area contributed by atoms with E-state index in [1.807, 2.05) is 0 Å². The van der Waals surface area contributed by atoms with Crippen molar-refractivity contribution in [3.05, 3.63) is 0 Å². The van der Waals surface area contributed by atoms with E-state index in [0.717, 1.165) is 32.3 Å². The molecule has 0 saturated carbocycles. The average molecular weight is 117 g/mol. The molecule has 8 heavy (non-hydrogen) atoms. The summed E-state index contributed by atoms with van der Waals surface area (Å²) in [6.45, 7) is 1.75. The van der Waals surface area contributed by atoms with E-state index in [9.17, 15) is 4.79 Å². The predicted octanol–water partition coefficient (Wildman–Crippen LogP) is -1.25. The van der Waals surface area contributed by atoms with Gasteiger partial charge in [-0.3, -0.25) is 4.79 Å². The lowest BCUT2D eigenvalue weighted by molar-refractivity contribution is -0.368. The number of unbranched alkanes of at least 4 members (excludes halogenated alkanes) is 1. The van der Waals surface area contributed by atoms with Gasteiger partial charge in [-0.1, -0.05) is 0 Å². The van der Waals surface area contributed by atoms with E-state index in [-0.39, 0.29) is 0 Å². The van der Waals surface area contributed by atoms with Gasteiger partial charge in [0, 0.05) is 6.54 Å². The van der Waals surface area contributed by atoms with E-state index < -0.39 is 0 Å². The number of amides is 1. The van der Waals surface area contributed by atoms with Crippen LogP contribution in [0.2, 0.25) is 0 Å². The minimum atomic E-state index is 0.725. The number of hydrogen-bond acceptors (Lipinski definition) is 1. The Kier molecular flexibility index (Phi) is 5.97. The van der Waals surface area contributed by atoms with Crippen LogP contribution in [0, 0.1) is 0 Å². The van der Waals surface area contributed by atoms with Crippen LogP contribution in [0.5, 0.6) is 0 Å². The summed E-state index contributed by atoms with van der Waals surface area (Å²) in [5.41, 5.74) is 3.67. The number of carbonyl (C=O) groups excluding carboxylic acids is 1. The summed E-state index contributed by atoms with van der Waals surface area (Å²) in [6.07, 6.45) is 2.87. The average Bonchev–Trinajstić information content (AvgIpc) is 1.81. The second kappa shape index (κ2) is 6.43. The van der Waals surface area contributed by atoms with Crippen molar-refractivity contribution in [2.75, 3.05) is 13.1 Å². The minimum Gasteiger partial charge on any atom is -0.359 e. The molecular weight excluding hydrogens is 104 g/mol. The summed E-state index contributed by atoms with van der Waals surface area (Å²) >= 11 is 0. The van der Waals surface area contributed by atoms with Gasteiger partial charge < -0.3 is 11.1 Å². The van der Waals surface area contributed by atoms with Gasteiger partial charge in [-0.05, 0) is 12.8 Å². The first kappa shape index (κ1) is 7.43. The van der Waals surface area contributed by atoms with Gasteiger partial charge in [0.2, 0.25) is 6.41 Å². The normalized spacial score (nSPS) is 8.62. The molecule has 0 aromatic carbocycles. The zero-order valence-electron chi connectivity index (χ0n) is 5.02. The highest BCUT2D eigenvalue weighted by Crippen LogP contribution is 1.78. The van der Waals surface area contributed by atoms with Crippen molar-refractivity contribution < 1.29 is 10.5 Å². The molecule has 0 radical (unpaired) electrons. The quantitative estimate of drug-likeness (QED) is 0.343. The van der Waals surface area contributed by atoms with Crippen LogP contribution in [0.15, 0.2) is 0 Å². The zero-order valence-corrected chi connectivity index (χ0v) is 5.02. The van der Waals surface area contributed by atoms with Crippen LogP contribution < -0.4 is 11.1 Å². The van der Waals surface area contributed by atoms with Crippen LogP contribution in [0.1, 0.15) is 12.8 Å². The van der Waals surface area contributed by atoms with Gasteiger partial charge in [-0.2, -0.15) is 0 Å². The molecule has 4 N–H and O–H groups in total. The Labute approximate surface area is 49.3 Å². The standard InChI is InChI=1S/C5H12N2O/c6-3-1-2-4-7-5-8/h5H,1-4,6H2,(H,7,8)/p+1. The second-order valence-corrected chi connectivity index (χ2v) is 1.63. The highest BCUT2D eigenvalue weighted by molar-refractivity contribution is 5.45. The summed E-state index contributed by atoms with van der Waals surface area (Å²) < 4.78 is 0. The van der Waals surface area contributed by atoms with Crippen LogP contribution in [0.25, 0.3) is 0 Å². The van der Waals surface area contributed by atoms with E-state index >= 15 is 0 Å². The number of rotatable bonds is 5. The number of hydrogen-bond donors (Lipinski definition) is 2. The molecule has 0 bridgehead atoms. The van der Waals surface area contributed by atoms with Crippen molar-refractivity contribution >= 4 is 6.41 Å². The fourth-order valence-corrected chi connectivity index (χ4v) is 0.463. The molecule has 0 aliphatic carbocycles. The molecule has 0 heterocycles. The van der Waals surface area contributed by atoms with E-state index in [1.54, 1.807) is 0 Å². The summed E-state index contributed by atoms with van der Waals surface area (Å²) in [5.74, 6) is 0. The Hall–Kier alpha value is -0.570. The van der Waals surface area contributed by atoms with Crippen LogP contribution in [-0.2, 0) is 4.79 Å². The summed E-state index contributed by atoms with van der Waals surface area (Å²) in [7, 11) is 0. The van der Waals surface area contributed by atoms with Gasteiger partial charge in [0.05, 0.1) is 6.54 Å². The summed E-state index contributed by atoms with van der Waals surface area (Å²) in [4.78, 5) is 9.64. The van der Waals surface area contributed by atoms with Gasteiger partial charge in [-0.15, -0.1) is 0 Å². The van der Waals surface area contributed by atoms with E-state index in [4.69, 9.17) is 0 Å². The number of carbonyl (C=O) groups is 1. The van der Waals surface area contributed by atoms with Gasteiger partial charge in [0.15, 0.2) is 0 Å². The Balaban J connectivity index is 2.62. The largest absolute Gasteiger partial charge is 0.359 e. The molecular formula is C5H13N2O+. The van der Waals surface area contributed by atoms with Crippen molar-refractivity contribution in [2.24, 2.45) is 0 Å². The fraction of sp³-hybridized carbons (Fsp3) is 0.800. The summed E-state index contributed by atoms with van der Waals surface area (Å²) in [5, 5.41) is 2.57.